The van der Waals surface area contributed by atoms with Gasteiger partial charge in [-0.05, 0) is 37.2 Å². The van der Waals surface area contributed by atoms with E-state index >= 15 is 0 Å². The molecule has 6 nitrogen and oxygen atoms in total. The molecule has 2 aliphatic rings. The standard InChI is InChI=1S/C17H24N2O4S/c1-13-2-4-14(5-3-13)11-24(22,23)19-8-6-17(7-9-19)10-15(16(20)21)18-12-17/h2-5,15,18H,6-12H2,1H3,(H,20,21). The summed E-state index contributed by atoms with van der Waals surface area (Å²) in [5.41, 5.74) is 1.84. The molecular formula is C17H24N2O4S. The van der Waals surface area contributed by atoms with E-state index in [0.29, 0.717) is 26.1 Å². The van der Waals surface area contributed by atoms with Crippen molar-refractivity contribution < 1.29 is 18.3 Å². The fourth-order valence-corrected chi connectivity index (χ4v) is 5.23. The lowest BCUT2D eigenvalue weighted by atomic mass is 9.77. The van der Waals surface area contributed by atoms with E-state index in [1.165, 1.54) is 0 Å². The van der Waals surface area contributed by atoms with Crippen molar-refractivity contribution in [1.29, 1.82) is 0 Å². The summed E-state index contributed by atoms with van der Waals surface area (Å²) in [6, 6.07) is 7.06. The summed E-state index contributed by atoms with van der Waals surface area (Å²) < 4.78 is 26.8. The molecule has 132 valence electrons. The predicted molar refractivity (Wildman–Crippen MR) is 91.1 cm³/mol. The highest BCUT2D eigenvalue weighted by molar-refractivity contribution is 7.88. The Morgan fingerprint density at radius 2 is 1.92 bits per heavy atom. The zero-order valence-corrected chi connectivity index (χ0v) is 14.7. The summed E-state index contributed by atoms with van der Waals surface area (Å²) in [6.07, 6.45) is 2.03. The van der Waals surface area contributed by atoms with E-state index in [9.17, 15) is 13.2 Å². The maximum absolute atomic E-state index is 12.6. The van der Waals surface area contributed by atoms with Crippen LogP contribution in [0.5, 0.6) is 0 Å². The minimum atomic E-state index is -3.33. The minimum absolute atomic E-state index is 0.0241. The molecule has 2 N–H and O–H groups in total. The molecule has 2 aliphatic heterocycles. The Hall–Kier alpha value is -1.44. The molecule has 2 fully saturated rings. The molecule has 24 heavy (non-hydrogen) atoms. The second-order valence-electron chi connectivity index (χ2n) is 7.12. The number of benzene rings is 1. The number of aliphatic carboxylic acids is 1. The van der Waals surface area contributed by atoms with Gasteiger partial charge >= 0.3 is 5.97 Å². The van der Waals surface area contributed by atoms with Crippen LogP contribution in [0.25, 0.3) is 0 Å². The van der Waals surface area contributed by atoms with Gasteiger partial charge in [-0.25, -0.2) is 12.7 Å². The highest BCUT2D eigenvalue weighted by Crippen LogP contribution is 2.40. The van der Waals surface area contributed by atoms with Crippen LogP contribution in [0.2, 0.25) is 0 Å². The van der Waals surface area contributed by atoms with E-state index in [1.807, 2.05) is 31.2 Å². The normalized spacial score (nSPS) is 24.3. The fraction of sp³-hybridized carbons (Fsp3) is 0.588. The molecule has 2 saturated heterocycles. The van der Waals surface area contributed by atoms with Crippen molar-refractivity contribution in [2.45, 2.75) is 38.0 Å². The molecule has 1 aromatic carbocycles. The Balaban J connectivity index is 1.61. The van der Waals surface area contributed by atoms with E-state index in [0.717, 1.165) is 24.0 Å². The molecule has 2 heterocycles. The van der Waals surface area contributed by atoms with Crippen LogP contribution in [-0.2, 0) is 20.6 Å². The van der Waals surface area contributed by atoms with Crippen LogP contribution in [0.15, 0.2) is 24.3 Å². The third-order valence-corrected chi connectivity index (χ3v) is 7.15. The summed E-state index contributed by atoms with van der Waals surface area (Å²) in [6.45, 7) is 3.59. The van der Waals surface area contributed by atoms with Crippen molar-refractivity contribution in [3.63, 3.8) is 0 Å². The van der Waals surface area contributed by atoms with E-state index < -0.39 is 22.0 Å². The van der Waals surface area contributed by atoms with Crippen molar-refractivity contribution >= 4 is 16.0 Å². The number of hydrogen-bond donors (Lipinski definition) is 2. The number of piperidine rings is 1. The molecule has 1 unspecified atom stereocenters. The van der Waals surface area contributed by atoms with Gasteiger partial charge in [0.25, 0.3) is 0 Å². The first-order valence-electron chi connectivity index (χ1n) is 8.29. The van der Waals surface area contributed by atoms with E-state index in [2.05, 4.69) is 5.32 Å². The smallest absolute Gasteiger partial charge is 0.320 e. The third kappa shape index (κ3) is 3.63. The highest BCUT2D eigenvalue weighted by Gasteiger charge is 2.45. The number of aryl methyl sites for hydroxylation is 1. The fourth-order valence-electron chi connectivity index (χ4n) is 3.70. The summed E-state index contributed by atoms with van der Waals surface area (Å²) >= 11 is 0. The molecule has 1 aromatic rings. The van der Waals surface area contributed by atoms with Crippen molar-refractivity contribution in [1.82, 2.24) is 9.62 Å². The number of hydrogen-bond acceptors (Lipinski definition) is 4. The van der Waals surface area contributed by atoms with Gasteiger partial charge < -0.3 is 10.4 Å². The summed E-state index contributed by atoms with van der Waals surface area (Å²) in [5, 5.41) is 12.2. The Morgan fingerprint density at radius 3 is 2.46 bits per heavy atom. The lowest BCUT2D eigenvalue weighted by Gasteiger charge is -2.38. The van der Waals surface area contributed by atoms with E-state index in [4.69, 9.17) is 5.11 Å². The largest absolute Gasteiger partial charge is 0.480 e. The molecule has 0 bridgehead atoms. The Labute approximate surface area is 142 Å². The number of sulfonamides is 1. The monoisotopic (exact) mass is 352 g/mol. The Morgan fingerprint density at radius 1 is 1.29 bits per heavy atom. The van der Waals surface area contributed by atoms with Crippen LogP contribution < -0.4 is 5.32 Å². The second-order valence-corrected chi connectivity index (χ2v) is 9.09. The first-order chi connectivity index (χ1) is 11.3. The van der Waals surface area contributed by atoms with E-state index in [-0.39, 0.29) is 11.2 Å². The summed E-state index contributed by atoms with van der Waals surface area (Å²) in [7, 11) is -3.33. The second kappa shape index (κ2) is 6.46. The molecule has 1 atom stereocenters. The van der Waals surface area contributed by atoms with Gasteiger partial charge in [-0.3, -0.25) is 4.79 Å². The predicted octanol–water partition coefficient (Wildman–Crippen LogP) is 1.35. The van der Waals surface area contributed by atoms with Crippen LogP contribution in [-0.4, -0.2) is 49.5 Å². The van der Waals surface area contributed by atoms with Gasteiger partial charge in [0.1, 0.15) is 6.04 Å². The Bertz CT molecular complexity index is 707. The number of nitrogens with one attached hydrogen (secondary N) is 1. The molecule has 0 aliphatic carbocycles. The number of carboxylic acids is 1. The zero-order valence-electron chi connectivity index (χ0n) is 13.9. The summed E-state index contributed by atoms with van der Waals surface area (Å²) in [5.74, 6) is -0.794. The van der Waals surface area contributed by atoms with Crippen LogP contribution >= 0.6 is 0 Å². The first kappa shape index (κ1) is 17.4. The molecule has 3 rings (SSSR count). The molecule has 1 spiro atoms. The SMILES string of the molecule is Cc1ccc(CS(=O)(=O)N2CCC3(CC2)CNC(C(=O)O)C3)cc1. The van der Waals surface area contributed by atoms with Gasteiger partial charge in [-0.2, -0.15) is 0 Å². The van der Waals surface area contributed by atoms with Crippen LogP contribution in [0.4, 0.5) is 0 Å². The first-order valence-corrected chi connectivity index (χ1v) is 9.90. The maximum Gasteiger partial charge on any atom is 0.320 e. The van der Waals surface area contributed by atoms with Crippen molar-refractivity contribution in [3.05, 3.63) is 35.4 Å². The lowest BCUT2D eigenvalue weighted by Crippen LogP contribution is -2.44. The number of carbonyl (C=O) groups is 1. The molecule has 0 radical (unpaired) electrons. The molecule has 0 amide bonds. The highest BCUT2D eigenvalue weighted by atomic mass is 32.2. The van der Waals surface area contributed by atoms with Crippen molar-refractivity contribution in [2.24, 2.45) is 5.41 Å². The van der Waals surface area contributed by atoms with Crippen LogP contribution in [0, 0.1) is 12.3 Å². The maximum atomic E-state index is 12.6. The van der Waals surface area contributed by atoms with Crippen LogP contribution in [0.3, 0.4) is 0 Å². The average molecular weight is 352 g/mol. The third-order valence-electron chi connectivity index (χ3n) is 5.30. The Kier molecular flexibility index (Phi) is 4.68. The summed E-state index contributed by atoms with van der Waals surface area (Å²) in [4.78, 5) is 11.1. The van der Waals surface area contributed by atoms with Crippen LogP contribution in [0.1, 0.15) is 30.4 Å². The molecule has 0 aromatic heterocycles. The quantitative estimate of drug-likeness (QED) is 0.854. The molecule has 7 heteroatoms. The molecular weight excluding hydrogens is 328 g/mol. The average Bonchev–Trinajstić information content (AvgIpc) is 2.94. The minimum Gasteiger partial charge on any atom is -0.480 e. The van der Waals surface area contributed by atoms with Gasteiger partial charge in [-0.15, -0.1) is 0 Å². The van der Waals surface area contributed by atoms with Crippen molar-refractivity contribution in [3.8, 4) is 0 Å². The number of nitrogens with zero attached hydrogens (tertiary/aromatic N) is 1. The van der Waals surface area contributed by atoms with Gasteiger partial charge in [-0.1, -0.05) is 29.8 Å². The lowest BCUT2D eigenvalue weighted by molar-refractivity contribution is -0.139. The number of rotatable bonds is 4. The zero-order chi connectivity index (χ0) is 17.4. The van der Waals surface area contributed by atoms with E-state index in [1.54, 1.807) is 4.31 Å². The topological polar surface area (TPSA) is 86.7 Å². The van der Waals surface area contributed by atoms with Gasteiger partial charge in [0.05, 0.1) is 5.75 Å². The number of carboxylic acid groups (broad SMARTS) is 1. The van der Waals surface area contributed by atoms with Gasteiger partial charge in [0, 0.05) is 19.6 Å². The van der Waals surface area contributed by atoms with Gasteiger partial charge in [0.15, 0.2) is 0 Å². The van der Waals surface area contributed by atoms with Gasteiger partial charge in [0.2, 0.25) is 10.0 Å². The van der Waals surface area contributed by atoms with Crippen molar-refractivity contribution in [2.75, 3.05) is 19.6 Å². The molecule has 0 saturated carbocycles.